The molecule has 3 nitrogen and oxygen atoms in total. The van der Waals surface area contributed by atoms with Crippen molar-refractivity contribution in [2.24, 2.45) is 0 Å². The molecule has 57 heavy (non-hydrogen) atoms. The van der Waals surface area contributed by atoms with Crippen LogP contribution in [0.15, 0.2) is 120 Å². The van der Waals surface area contributed by atoms with E-state index in [2.05, 4.69) is 42.9 Å². The Morgan fingerprint density at radius 1 is 0.561 bits per heavy atom. The quantitative estimate of drug-likeness (QED) is 0.165. The molecule has 291 valence electrons. The van der Waals surface area contributed by atoms with Crippen LogP contribution in [0.2, 0.25) is 0 Å². The van der Waals surface area contributed by atoms with Crippen molar-refractivity contribution in [2.75, 3.05) is 0 Å². The summed E-state index contributed by atoms with van der Waals surface area (Å²) >= 11 is 0. The summed E-state index contributed by atoms with van der Waals surface area (Å²) in [5.74, 6) is 0. The van der Waals surface area contributed by atoms with Gasteiger partial charge in [0.15, 0.2) is 0 Å². The van der Waals surface area contributed by atoms with E-state index in [0.717, 1.165) is 23.0 Å². The van der Waals surface area contributed by atoms with Gasteiger partial charge in [-0.3, -0.25) is 0 Å². The maximum Gasteiger partial charge on any atom is 0.123 e. The Balaban J connectivity index is 0.000000338. The fourth-order valence-electron chi connectivity index (χ4n) is 6.56. The van der Waals surface area contributed by atoms with Gasteiger partial charge in [-0.05, 0) is 105 Å². The van der Waals surface area contributed by atoms with E-state index in [9.17, 15) is 0 Å². The number of benzene rings is 5. The van der Waals surface area contributed by atoms with Gasteiger partial charge >= 0.3 is 0 Å². The van der Waals surface area contributed by atoms with Crippen LogP contribution in [-0.4, -0.2) is 9.97 Å². The van der Waals surface area contributed by atoms with Crippen molar-refractivity contribution in [3.05, 3.63) is 167 Å². The minimum Gasteiger partial charge on any atom is -0.500 e. The van der Waals surface area contributed by atoms with Crippen molar-refractivity contribution in [3.8, 4) is 44.8 Å². The molecule has 3 heterocycles. The van der Waals surface area contributed by atoms with Gasteiger partial charge in [0.1, 0.15) is 5.58 Å². The summed E-state index contributed by atoms with van der Waals surface area (Å²) in [4.78, 5) is 8.87. The van der Waals surface area contributed by atoms with Gasteiger partial charge < -0.3 is 14.4 Å². The van der Waals surface area contributed by atoms with E-state index in [1.807, 2.05) is 51.2 Å². The van der Waals surface area contributed by atoms with Gasteiger partial charge in [0.05, 0.1) is 5.58 Å². The van der Waals surface area contributed by atoms with E-state index in [1.54, 1.807) is 48.5 Å². The number of aryl methyl sites for hydroxylation is 5. The zero-order valence-electron chi connectivity index (χ0n) is 47.6. The number of aromatic nitrogens is 2. The van der Waals surface area contributed by atoms with E-state index >= 15 is 0 Å². The fraction of sp³-hybridized carbons (Fsp3) is 0.245. The predicted molar refractivity (Wildman–Crippen MR) is 236 cm³/mol. The topological polar surface area (TPSA) is 38.9 Å². The molecule has 8 aromatic rings. The third kappa shape index (κ3) is 8.74. The third-order valence-electron chi connectivity index (χ3n) is 9.85. The second-order valence-corrected chi connectivity index (χ2v) is 15.9. The zero-order chi connectivity index (χ0) is 52.4. The fourth-order valence-corrected chi connectivity index (χ4v) is 6.56. The Morgan fingerprint density at radius 2 is 1.23 bits per heavy atom. The second-order valence-electron chi connectivity index (χ2n) is 15.9. The number of hydrogen-bond donors (Lipinski definition) is 0. The Morgan fingerprint density at radius 3 is 1.88 bits per heavy atom. The summed E-state index contributed by atoms with van der Waals surface area (Å²) in [7, 11) is 0. The summed E-state index contributed by atoms with van der Waals surface area (Å²) < 4.78 is 128. The molecule has 0 spiro atoms. The largest absolute Gasteiger partial charge is 0.500 e. The molecule has 0 atom stereocenters. The molecule has 5 aromatic carbocycles. The van der Waals surface area contributed by atoms with Gasteiger partial charge in [-0.25, -0.2) is 0 Å². The van der Waals surface area contributed by atoms with Crippen molar-refractivity contribution < 1.29 is 45.1 Å². The monoisotopic (exact) mass is 940 g/mol. The number of rotatable bonds is 4. The number of hydrogen-bond acceptors (Lipinski definition) is 3. The molecule has 0 aliphatic heterocycles. The van der Waals surface area contributed by atoms with Crippen LogP contribution in [0, 0.1) is 46.4 Å². The van der Waals surface area contributed by atoms with Crippen LogP contribution in [-0.2, 0) is 30.9 Å². The first-order valence-electron chi connectivity index (χ1n) is 25.8. The van der Waals surface area contributed by atoms with Crippen LogP contribution in [0.3, 0.4) is 0 Å². The van der Waals surface area contributed by atoms with E-state index < -0.39 is 34.3 Å². The number of para-hydroxylation sites is 1. The molecule has 0 saturated carbocycles. The summed E-state index contributed by atoms with van der Waals surface area (Å²) in [5, 5.41) is 1.12. The second kappa shape index (κ2) is 16.4. The smallest absolute Gasteiger partial charge is 0.123 e. The molecule has 0 bridgehead atoms. The Labute approximate surface area is 374 Å². The molecule has 0 N–H and O–H groups in total. The van der Waals surface area contributed by atoms with Crippen molar-refractivity contribution in [2.45, 2.75) is 86.6 Å². The van der Waals surface area contributed by atoms with Crippen molar-refractivity contribution in [1.82, 2.24) is 9.97 Å². The van der Waals surface area contributed by atoms with E-state index in [4.69, 9.17) is 25.0 Å². The van der Waals surface area contributed by atoms with E-state index in [-0.39, 0.29) is 92.3 Å². The molecule has 4 heteroatoms. The average molecular weight is 940 g/mol. The first-order chi connectivity index (χ1) is 32.6. The van der Waals surface area contributed by atoms with Crippen LogP contribution in [0.1, 0.15) is 101 Å². The van der Waals surface area contributed by atoms with E-state index in [0.29, 0.717) is 21.9 Å². The number of nitrogens with zero attached hydrogens (tertiary/aromatic N) is 2. The van der Waals surface area contributed by atoms with Crippen molar-refractivity contribution in [1.29, 1.82) is 0 Å². The van der Waals surface area contributed by atoms with Gasteiger partial charge in [0.25, 0.3) is 0 Å². The summed E-state index contributed by atoms with van der Waals surface area (Å²) in [5.41, 5.74) is 4.73. The van der Waals surface area contributed by atoms with Gasteiger partial charge in [0.2, 0.25) is 0 Å². The molecule has 0 unspecified atom stereocenters. The van der Waals surface area contributed by atoms with Crippen LogP contribution in [0.25, 0.3) is 66.7 Å². The van der Waals surface area contributed by atoms with Gasteiger partial charge in [-0.2, -0.15) is 0 Å². The first kappa shape index (κ1) is 26.0. The van der Waals surface area contributed by atoms with Gasteiger partial charge in [0, 0.05) is 58.4 Å². The normalized spacial score (nSPS) is 16.6. The summed E-state index contributed by atoms with van der Waals surface area (Å²) in [6, 6.07) is 34.3. The molecule has 0 saturated heterocycles. The van der Waals surface area contributed by atoms with Crippen molar-refractivity contribution in [3.63, 3.8) is 0 Å². The number of fused-ring (bicyclic) bond motifs is 3. The molecule has 0 fully saturated rings. The Bertz CT molecular complexity index is 3170. The van der Waals surface area contributed by atoms with Gasteiger partial charge in [-0.15, -0.1) is 53.6 Å². The van der Waals surface area contributed by atoms with Crippen LogP contribution in [0.5, 0.6) is 0 Å². The average Bonchev–Trinajstić information content (AvgIpc) is 3.66. The van der Waals surface area contributed by atoms with Crippen LogP contribution >= 0.6 is 0 Å². The van der Waals surface area contributed by atoms with Crippen LogP contribution < -0.4 is 0 Å². The number of pyridine rings is 2. The molecule has 3 aromatic heterocycles. The Kier molecular flexibility index (Phi) is 7.46. The number of furan rings is 1. The molecule has 1 radical (unpaired) electrons. The first-order valence-corrected chi connectivity index (χ1v) is 18.3. The summed E-state index contributed by atoms with van der Waals surface area (Å²) in [6.45, 7) is -0.243. The molecular formula is C53H52IrN2O-2. The van der Waals surface area contributed by atoms with Crippen molar-refractivity contribution >= 4 is 21.9 Å². The molecular weight excluding hydrogens is 873 g/mol. The maximum atomic E-state index is 8.52. The minimum absolute atomic E-state index is 0. The predicted octanol–water partition coefficient (Wildman–Crippen LogP) is 14.5. The Hall–Kier alpha value is -5.15. The van der Waals surface area contributed by atoms with E-state index in [1.165, 1.54) is 35.9 Å². The third-order valence-corrected chi connectivity index (χ3v) is 9.85. The molecule has 8 rings (SSSR count). The minimum atomic E-state index is -2.78. The SMILES string of the molecule is [2H]C([2H])([2H])c1c[c-]c(-c2ccc(C(C)(C)C)cn2)cc1.[2H]C([2H])([2H])c1cc(-c2cc(-c3[c-]ccc4c3oc3c(C([2H])([2H])[2H])cccc34)ncc2C([2H])([2H])[2H])c(C([2H])([2H])[2H])cc1-c1ccc(C(C)(C)C)cc1.[Ir]. The summed E-state index contributed by atoms with van der Waals surface area (Å²) in [6.07, 6.45) is 2.99. The molecule has 0 aliphatic rings. The zero-order valence-corrected chi connectivity index (χ0v) is 35.0. The standard InChI is InChI=1S/C37H34NO.C16H18N.Ir/c1-22-10-8-11-28-29-12-9-13-30(36(29)39-35(22)28)34-20-33(25(4)21-38-34)32-19-23(2)31(18-24(32)3)26-14-16-27(17-15-26)37(5,6)7;1-12-5-7-13(8-6-12)15-10-9-14(11-17-15)16(2,3)4;/h8-12,14-21H,1-7H3;5-7,9-11H,1-4H3;/q2*-1;/i1D3,2D3,3D3,4D3;1D3;. The van der Waals surface area contributed by atoms with Gasteiger partial charge in [-0.1, -0.05) is 132 Å². The maximum absolute atomic E-state index is 8.52. The molecule has 0 aliphatic carbocycles. The molecule has 0 amide bonds. The van der Waals surface area contributed by atoms with Crippen LogP contribution in [0.4, 0.5) is 0 Å².